The van der Waals surface area contributed by atoms with Gasteiger partial charge in [-0.1, -0.05) is 23.7 Å². The number of halogens is 1. The predicted octanol–water partition coefficient (Wildman–Crippen LogP) is 2.49. The maximum Gasteiger partial charge on any atom is 0.272 e. The van der Waals surface area contributed by atoms with Crippen LogP contribution in [0.4, 0.5) is 0 Å². The van der Waals surface area contributed by atoms with E-state index in [0.29, 0.717) is 29.3 Å². The van der Waals surface area contributed by atoms with Gasteiger partial charge in [0.2, 0.25) is 0 Å². The minimum Gasteiger partial charge on any atom is -0.391 e. The minimum absolute atomic E-state index is 0.134. The monoisotopic (exact) mass is 290 g/mol. The summed E-state index contributed by atoms with van der Waals surface area (Å²) in [5.41, 5.74) is 1.11. The average Bonchev–Trinajstić information content (AvgIpc) is 2.45. The number of carbonyl (C=O) groups is 1. The van der Waals surface area contributed by atoms with Crippen LogP contribution in [-0.4, -0.2) is 40.1 Å². The molecule has 1 fully saturated rings. The fraction of sp³-hybridized carbons (Fsp3) is 0.333. The first kappa shape index (κ1) is 13.3. The molecule has 1 aromatic carbocycles. The molecule has 0 saturated carbocycles. The van der Waals surface area contributed by atoms with E-state index in [0.717, 1.165) is 18.2 Å². The summed E-state index contributed by atoms with van der Waals surface area (Å²) < 4.78 is 0. The molecule has 0 aliphatic carbocycles. The Kier molecular flexibility index (Phi) is 3.59. The number of fused-ring (bicyclic) bond motifs is 1. The van der Waals surface area contributed by atoms with Crippen LogP contribution in [0.15, 0.2) is 30.3 Å². The zero-order valence-electron chi connectivity index (χ0n) is 10.9. The number of rotatable bonds is 1. The summed E-state index contributed by atoms with van der Waals surface area (Å²) >= 11 is 5.95. The lowest BCUT2D eigenvalue weighted by Gasteiger charge is -2.29. The van der Waals surface area contributed by atoms with E-state index in [1.165, 1.54) is 0 Å². The van der Waals surface area contributed by atoms with Crippen LogP contribution in [0, 0.1) is 0 Å². The van der Waals surface area contributed by atoms with E-state index in [2.05, 4.69) is 4.98 Å². The topological polar surface area (TPSA) is 53.4 Å². The second-order valence-electron chi connectivity index (χ2n) is 5.08. The van der Waals surface area contributed by atoms with Gasteiger partial charge in [0.25, 0.3) is 5.91 Å². The van der Waals surface area contributed by atoms with Gasteiger partial charge in [0.1, 0.15) is 5.69 Å². The Hall–Kier alpha value is -1.65. The molecule has 104 valence electrons. The summed E-state index contributed by atoms with van der Waals surface area (Å²) in [5.74, 6) is -0.134. The molecular weight excluding hydrogens is 276 g/mol. The minimum atomic E-state index is -0.428. The smallest absolute Gasteiger partial charge is 0.272 e. The lowest BCUT2D eigenvalue weighted by molar-refractivity contribution is 0.0469. The Morgan fingerprint density at radius 2 is 2.15 bits per heavy atom. The molecule has 1 aliphatic rings. The number of hydrogen-bond donors (Lipinski definition) is 1. The molecule has 2 aromatic rings. The van der Waals surface area contributed by atoms with Gasteiger partial charge in [0.05, 0.1) is 11.6 Å². The summed E-state index contributed by atoms with van der Waals surface area (Å²) in [6, 6.07) is 9.02. The van der Waals surface area contributed by atoms with Crippen molar-refractivity contribution in [1.82, 2.24) is 9.88 Å². The molecule has 1 aliphatic heterocycles. The van der Waals surface area contributed by atoms with Gasteiger partial charge in [-0.25, -0.2) is 4.98 Å². The highest BCUT2D eigenvalue weighted by Crippen LogP contribution is 2.19. The predicted molar refractivity (Wildman–Crippen MR) is 77.9 cm³/mol. The van der Waals surface area contributed by atoms with Crippen molar-refractivity contribution in [3.05, 3.63) is 41.0 Å². The van der Waals surface area contributed by atoms with Crippen LogP contribution in [0.3, 0.4) is 0 Å². The van der Waals surface area contributed by atoms with Gasteiger partial charge in [-0.15, -0.1) is 0 Å². The van der Waals surface area contributed by atoms with Gasteiger partial charge in [0.15, 0.2) is 0 Å². The van der Waals surface area contributed by atoms with Crippen LogP contribution in [0.5, 0.6) is 0 Å². The number of hydrogen-bond acceptors (Lipinski definition) is 3. The van der Waals surface area contributed by atoms with Crippen LogP contribution in [-0.2, 0) is 0 Å². The van der Waals surface area contributed by atoms with Crippen LogP contribution in [0.2, 0.25) is 5.02 Å². The first-order chi connectivity index (χ1) is 9.63. The molecule has 0 bridgehead atoms. The summed E-state index contributed by atoms with van der Waals surface area (Å²) in [4.78, 5) is 18.4. The first-order valence-electron chi connectivity index (χ1n) is 6.67. The van der Waals surface area contributed by atoms with Gasteiger partial charge >= 0.3 is 0 Å². The third-order valence-corrected chi connectivity index (χ3v) is 3.79. The number of nitrogens with zero attached hydrogens (tertiary/aromatic N) is 2. The van der Waals surface area contributed by atoms with E-state index in [1.54, 1.807) is 23.1 Å². The number of amides is 1. The summed E-state index contributed by atoms with van der Waals surface area (Å²) in [5, 5.41) is 11.2. The largest absolute Gasteiger partial charge is 0.391 e. The molecule has 2 heterocycles. The van der Waals surface area contributed by atoms with Crippen LogP contribution in [0.1, 0.15) is 23.3 Å². The van der Waals surface area contributed by atoms with Crippen LogP contribution in [0.25, 0.3) is 10.9 Å². The van der Waals surface area contributed by atoms with Crippen LogP contribution < -0.4 is 0 Å². The molecule has 1 saturated heterocycles. The SMILES string of the molecule is O=C(c1ccc2ccc(Cl)cc2n1)N1CCCC(O)C1. The van der Waals surface area contributed by atoms with Crippen molar-refractivity contribution in [1.29, 1.82) is 0 Å². The van der Waals surface area contributed by atoms with Gasteiger partial charge in [-0.3, -0.25) is 4.79 Å². The van der Waals surface area contributed by atoms with Crippen molar-refractivity contribution < 1.29 is 9.90 Å². The maximum absolute atomic E-state index is 12.4. The summed E-state index contributed by atoms with van der Waals surface area (Å²) in [6.45, 7) is 1.05. The van der Waals surface area contributed by atoms with Gasteiger partial charge < -0.3 is 10.0 Å². The van der Waals surface area contributed by atoms with E-state index >= 15 is 0 Å². The molecule has 1 atom stereocenters. The van der Waals surface area contributed by atoms with Crippen molar-refractivity contribution in [3.63, 3.8) is 0 Å². The number of piperidine rings is 1. The molecular formula is C15H15ClN2O2. The molecule has 1 N–H and O–H groups in total. The lowest BCUT2D eigenvalue weighted by Crippen LogP contribution is -2.42. The second-order valence-corrected chi connectivity index (χ2v) is 5.52. The number of pyridine rings is 1. The molecule has 0 spiro atoms. The Labute approximate surface area is 122 Å². The molecule has 0 radical (unpaired) electrons. The van der Waals surface area contributed by atoms with Crippen molar-refractivity contribution in [2.75, 3.05) is 13.1 Å². The Balaban J connectivity index is 1.91. The number of aliphatic hydroxyl groups excluding tert-OH is 1. The summed E-state index contributed by atoms with van der Waals surface area (Å²) in [7, 11) is 0. The normalized spacial score (nSPS) is 19.3. The van der Waals surface area contributed by atoms with Crippen molar-refractivity contribution in [2.24, 2.45) is 0 Å². The van der Waals surface area contributed by atoms with Crippen LogP contribution >= 0.6 is 11.6 Å². The Bertz CT molecular complexity index is 659. The van der Waals surface area contributed by atoms with Crippen molar-refractivity contribution in [3.8, 4) is 0 Å². The van der Waals surface area contributed by atoms with Crippen molar-refractivity contribution >= 4 is 28.4 Å². The lowest BCUT2D eigenvalue weighted by atomic mass is 10.1. The number of likely N-dealkylation sites (tertiary alicyclic amines) is 1. The number of aliphatic hydroxyl groups is 1. The fourth-order valence-corrected chi connectivity index (χ4v) is 2.68. The fourth-order valence-electron chi connectivity index (χ4n) is 2.51. The van der Waals surface area contributed by atoms with E-state index < -0.39 is 6.10 Å². The van der Waals surface area contributed by atoms with E-state index in [-0.39, 0.29) is 5.91 Å². The highest BCUT2D eigenvalue weighted by Gasteiger charge is 2.23. The second kappa shape index (κ2) is 5.38. The average molecular weight is 291 g/mol. The highest BCUT2D eigenvalue weighted by molar-refractivity contribution is 6.31. The molecule has 4 nitrogen and oxygen atoms in total. The first-order valence-corrected chi connectivity index (χ1v) is 7.05. The molecule has 1 unspecified atom stereocenters. The van der Waals surface area contributed by atoms with E-state index in [9.17, 15) is 9.90 Å². The zero-order valence-corrected chi connectivity index (χ0v) is 11.7. The standard InChI is InChI=1S/C15H15ClN2O2/c16-11-5-3-10-4-6-13(17-14(10)8-11)15(20)18-7-1-2-12(19)9-18/h3-6,8,12,19H,1-2,7,9H2. The zero-order chi connectivity index (χ0) is 14.1. The molecule has 1 amide bonds. The molecule has 3 rings (SSSR count). The van der Waals surface area contributed by atoms with Gasteiger partial charge in [0, 0.05) is 23.5 Å². The molecule has 1 aromatic heterocycles. The quantitative estimate of drug-likeness (QED) is 0.878. The Morgan fingerprint density at radius 1 is 1.35 bits per heavy atom. The van der Waals surface area contributed by atoms with E-state index in [1.807, 2.05) is 12.1 Å². The maximum atomic E-state index is 12.4. The highest BCUT2D eigenvalue weighted by atomic mass is 35.5. The third kappa shape index (κ3) is 2.62. The Morgan fingerprint density at radius 3 is 2.95 bits per heavy atom. The van der Waals surface area contributed by atoms with Crippen molar-refractivity contribution in [2.45, 2.75) is 18.9 Å². The number of β-amino-alcohol motifs (C(OH)–C–C–N with tert-alkyl or cyclic N) is 1. The number of benzene rings is 1. The number of carbonyl (C=O) groups excluding carboxylic acids is 1. The van der Waals surface area contributed by atoms with E-state index in [4.69, 9.17) is 11.6 Å². The summed E-state index contributed by atoms with van der Waals surface area (Å²) in [6.07, 6.45) is 1.15. The third-order valence-electron chi connectivity index (χ3n) is 3.56. The molecule has 20 heavy (non-hydrogen) atoms. The van der Waals surface area contributed by atoms with Gasteiger partial charge in [-0.2, -0.15) is 0 Å². The molecule has 5 heteroatoms. The van der Waals surface area contributed by atoms with Gasteiger partial charge in [-0.05, 0) is 31.0 Å². The number of aromatic nitrogens is 1.